The minimum atomic E-state index is -0.261. The van der Waals surface area contributed by atoms with E-state index in [1.807, 2.05) is 24.3 Å². The van der Waals surface area contributed by atoms with E-state index in [4.69, 9.17) is 0 Å². The Morgan fingerprint density at radius 2 is 1.79 bits per heavy atom. The van der Waals surface area contributed by atoms with Gasteiger partial charge in [-0.3, -0.25) is 9.36 Å². The van der Waals surface area contributed by atoms with Crippen LogP contribution in [0.5, 0.6) is 11.8 Å². The van der Waals surface area contributed by atoms with E-state index in [0.29, 0.717) is 12.0 Å². The number of hydrogen-bond donors (Lipinski definition) is 2. The Morgan fingerprint density at radius 3 is 2.46 bits per heavy atom. The van der Waals surface area contributed by atoms with E-state index >= 15 is 0 Å². The lowest BCUT2D eigenvalue weighted by molar-refractivity contribution is -0.123. The lowest BCUT2D eigenvalue weighted by Crippen LogP contribution is -2.28. The SMILES string of the molecule is CC(C)(C)c1cccc(-n2c(O)c3c(c2O)[C@@H]2CC[C@H]3CC2=O)c1. The number of Topliss-reactive ketones (excluding diaryl/α,β-unsaturated/α-hetero) is 1. The highest BCUT2D eigenvalue weighted by molar-refractivity contribution is 5.91. The van der Waals surface area contributed by atoms with Gasteiger partial charge < -0.3 is 10.2 Å². The molecule has 2 N–H and O–H groups in total. The van der Waals surface area contributed by atoms with Gasteiger partial charge in [-0.05, 0) is 41.9 Å². The monoisotopic (exact) mass is 325 g/mol. The predicted molar refractivity (Wildman–Crippen MR) is 92.1 cm³/mol. The minimum Gasteiger partial charge on any atom is -0.494 e. The Bertz CT molecular complexity index is 841. The molecule has 0 radical (unpaired) electrons. The Hall–Kier alpha value is -2.23. The van der Waals surface area contributed by atoms with Gasteiger partial charge in [-0.15, -0.1) is 0 Å². The number of benzene rings is 1. The standard InChI is InChI=1S/C20H23NO3/c1-20(2,3)12-5-4-6-13(10-12)21-18(23)16-11-7-8-14(15(22)9-11)17(16)19(21)24/h4-6,10-11,14,23-24H,7-9H2,1-3H3/t11-,14+/m0/s1. The van der Waals surface area contributed by atoms with Crippen molar-refractivity contribution >= 4 is 5.78 Å². The first-order chi connectivity index (χ1) is 11.3. The predicted octanol–water partition coefficient (Wildman–Crippen LogP) is 4.12. The van der Waals surface area contributed by atoms with Crippen LogP contribution in [0.4, 0.5) is 0 Å². The summed E-state index contributed by atoms with van der Waals surface area (Å²) in [5.41, 5.74) is 3.28. The fourth-order valence-electron chi connectivity index (χ4n) is 4.25. The number of carbonyl (C=O) groups excluding carboxylic acids is 1. The summed E-state index contributed by atoms with van der Waals surface area (Å²) in [6.07, 6.45) is 2.16. The second kappa shape index (κ2) is 4.88. The number of rotatable bonds is 1. The van der Waals surface area contributed by atoms with Crippen molar-refractivity contribution in [2.75, 3.05) is 0 Å². The third-order valence-corrected chi connectivity index (χ3v) is 5.56. The molecule has 1 aromatic carbocycles. The average Bonchev–Trinajstić information content (AvgIpc) is 2.80. The van der Waals surface area contributed by atoms with E-state index in [-0.39, 0.29) is 34.8 Å². The molecule has 0 saturated heterocycles. The number of aromatic nitrogens is 1. The molecular weight excluding hydrogens is 302 g/mol. The summed E-state index contributed by atoms with van der Waals surface area (Å²) in [5.74, 6) is 0.0834. The molecule has 1 aromatic heterocycles. The summed E-state index contributed by atoms with van der Waals surface area (Å²) in [6.45, 7) is 6.39. The number of nitrogens with zero attached hydrogens (tertiary/aromatic N) is 1. The lowest BCUT2D eigenvalue weighted by Gasteiger charge is -2.34. The highest BCUT2D eigenvalue weighted by atomic mass is 16.3. The molecule has 3 aliphatic rings. The molecule has 2 bridgehead atoms. The third kappa shape index (κ3) is 2.02. The molecule has 2 atom stereocenters. The molecule has 5 rings (SSSR count). The van der Waals surface area contributed by atoms with Crippen molar-refractivity contribution in [1.82, 2.24) is 4.57 Å². The number of hydrogen-bond acceptors (Lipinski definition) is 3. The first-order valence-corrected chi connectivity index (χ1v) is 8.59. The highest BCUT2D eigenvalue weighted by Gasteiger charge is 2.45. The quantitative estimate of drug-likeness (QED) is 0.829. The first-order valence-electron chi connectivity index (χ1n) is 8.59. The number of aromatic hydroxyl groups is 2. The topological polar surface area (TPSA) is 62.5 Å². The Balaban J connectivity index is 1.92. The fourth-order valence-corrected chi connectivity index (χ4v) is 4.25. The van der Waals surface area contributed by atoms with Crippen LogP contribution >= 0.6 is 0 Å². The Kier molecular flexibility index (Phi) is 3.11. The average molecular weight is 325 g/mol. The number of carbonyl (C=O) groups is 1. The molecule has 24 heavy (non-hydrogen) atoms. The molecule has 4 heteroatoms. The van der Waals surface area contributed by atoms with Gasteiger partial charge in [0.15, 0.2) is 0 Å². The summed E-state index contributed by atoms with van der Waals surface area (Å²) >= 11 is 0. The normalized spacial score (nSPS) is 22.7. The van der Waals surface area contributed by atoms with Gasteiger partial charge in [0.2, 0.25) is 11.8 Å². The van der Waals surface area contributed by atoms with Crippen LogP contribution in [0.2, 0.25) is 0 Å². The maximum absolute atomic E-state index is 12.2. The van der Waals surface area contributed by atoms with Gasteiger partial charge in [0.25, 0.3) is 0 Å². The molecular formula is C20H23NO3. The van der Waals surface area contributed by atoms with Crippen LogP contribution in [-0.4, -0.2) is 20.6 Å². The molecule has 1 heterocycles. The van der Waals surface area contributed by atoms with Crippen molar-refractivity contribution in [1.29, 1.82) is 0 Å². The van der Waals surface area contributed by atoms with E-state index in [1.165, 1.54) is 4.57 Å². The van der Waals surface area contributed by atoms with Gasteiger partial charge in [0.05, 0.1) is 5.69 Å². The van der Waals surface area contributed by atoms with Crippen molar-refractivity contribution in [3.8, 4) is 17.4 Å². The highest BCUT2D eigenvalue weighted by Crippen LogP contribution is 2.55. The van der Waals surface area contributed by atoms with Gasteiger partial charge in [-0.2, -0.15) is 0 Å². The molecule has 0 aliphatic heterocycles. The second-order valence-corrected chi connectivity index (χ2v) is 8.11. The van der Waals surface area contributed by atoms with Crippen LogP contribution in [0.25, 0.3) is 5.69 Å². The van der Waals surface area contributed by atoms with Gasteiger partial charge >= 0.3 is 0 Å². The van der Waals surface area contributed by atoms with Crippen molar-refractivity contribution < 1.29 is 15.0 Å². The zero-order valence-corrected chi connectivity index (χ0v) is 14.3. The van der Waals surface area contributed by atoms with Crippen LogP contribution in [0, 0.1) is 0 Å². The lowest BCUT2D eigenvalue weighted by atomic mass is 9.67. The van der Waals surface area contributed by atoms with Gasteiger partial charge in [-0.25, -0.2) is 0 Å². The van der Waals surface area contributed by atoms with E-state index in [2.05, 4.69) is 20.8 Å². The molecule has 2 aromatic rings. The van der Waals surface area contributed by atoms with Gasteiger partial charge in [0.1, 0.15) is 5.78 Å². The number of ketones is 1. The van der Waals surface area contributed by atoms with Crippen molar-refractivity contribution in [2.45, 2.75) is 57.3 Å². The summed E-state index contributed by atoms with van der Waals surface area (Å²) in [5, 5.41) is 21.6. The maximum atomic E-state index is 12.2. The van der Waals surface area contributed by atoms with Crippen molar-refractivity contribution in [3.63, 3.8) is 0 Å². The molecule has 126 valence electrons. The van der Waals surface area contributed by atoms with Gasteiger partial charge in [0, 0.05) is 23.5 Å². The zero-order chi connectivity index (χ0) is 17.2. The van der Waals surface area contributed by atoms with E-state index in [9.17, 15) is 15.0 Å². The van der Waals surface area contributed by atoms with Gasteiger partial charge in [-0.1, -0.05) is 32.9 Å². The molecule has 3 aliphatic carbocycles. The molecule has 0 spiro atoms. The fraction of sp³-hybridized carbons (Fsp3) is 0.450. The third-order valence-electron chi connectivity index (χ3n) is 5.56. The summed E-state index contributed by atoms with van der Waals surface area (Å²) in [6, 6.07) is 7.86. The molecule has 4 nitrogen and oxygen atoms in total. The van der Waals surface area contributed by atoms with Crippen LogP contribution in [-0.2, 0) is 10.2 Å². The van der Waals surface area contributed by atoms with Crippen molar-refractivity contribution in [3.05, 3.63) is 41.0 Å². The Labute approximate surface area is 141 Å². The van der Waals surface area contributed by atoms with Crippen molar-refractivity contribution in [2.24, 2.45) is 0 Å². The summed E-state index contributed by atoms with van der Waals surface area (Å²) in [7, 11) is 0. The number of fused-ring (bicyclic) bond motifs is 2. The van der Waals surface area contributed by atoms with Crippen LogP contribution in [0.15, 0.2) is 24.3 Å². The van der Waals surface area contributed by atoms with E-state index in [1.54, 1.807) is 0 Å². The molecule has 0 amide bonds. The molecule has 1 saturated carbocycles. The second-order valence-electron chi connectivity index (χ2n) is 8.11. The largest absolute Gasteiger partial charge is 0.494 e. The molecule has 1 fully saturated rings. The molecule has 0 unspecified atom stereocenters. The zero-order valence-electron chi connectivity index (χ0n) is 14.3. The summed E-state index contributed by atoms with van der Waals surface area (Å²) < 4.78 is 1.50. The summed E-state index contributed by atoms with van der Waals surface area (Å²) in [4.78, 5) is 12.2. The Morgan fingerprint density at radius 1 is 1.08 bits per heavy atom. The maximum Gasteiger partial charge on any atom is 0.202 e. The van der Waals surface area contributed by atoms with E-state index in [0.717, 1.165) is 29.7 Å². The van der Waals surface area contributed by atoms with Crippen LogP contribution in [0.1, 0.15) is 68.6 Å². The minimum absolute atomic E-state index is 0.0244. The first kappa shape index (κ1) is 15.3. The smallest absolute Gasteiger partial charge is 0.202 e. The van der Waals surface area contributed by atoms with E-state index < -0.39 is 0 Å². The van der Waals surface area contributed by atoms with Crippen LogP contribution in [0.3, 0.4) is 0 Å². The van der Waals surface area contributed by atoms with Crippen LogP contribution < -0.4 is 0 Å².